The van der Waals surface area contributed by atoms with Crippen LogP contribution in [0.1, 0.15) is 18.8 Å². The molecule has 2 aromatic heterocycles. The van der Waals surface area contributed by atoms with E-state index in [-0.39, 0.29) is 6.04 Å². The molecule has 0 fully saturated rings. The fourth-order valence-electron chi connectivity index (χ4n) is 1.47. The smallest absolute Gasteiger partial charge is 0.154 e. The number of aryl methyl sites for hydroxylation is 1. The van der Waals surface area contributed by atoms with Gasteiger partial charge in [0.1, 0.15) is 6.33 Å². The Hall–Kier alpha value is -1.62. The van der Waals surface area contributed by atoms with E-state index in [1.54, 1.807) is 18.7 Å². The maximum absolute atomic E-state index is 6.00. The van der Waals surface area contributed by atoms with Gasteiger partial charge in [0.05, 0.1) is 16.8 Å². The highest BCUT2D eigenvalue weighted by Crippen LogP contribution is 2.23. The maximum Gasteiger partial charge on any atom is 0.154 e. The summed E-state index contributed by atoms with van der Waals surface area (Å²) in [4.78, 5) is 3.93. The summed E-state index contributed by atoms with van der Waals surface area (Å²) in [6, 6.07) is 1.86. The number of hydrogen-bond acceptors (Lipinski definition) is 4. The molecule has 0 amide bonds. The van der Waals surface area contributed by atoms with Crippen molar-refractivity contribution in [2.75, 3.05) is 5.32 Å². The van der Waals surface area contributed by atoms with E-state index in [0.717, 1.165) is 11.5 Å². The van der Waals surface area contributed by atoms with E-state index in [0.29, 0.717) is 5.02 Å². The van der Waals surface area contributed by atoms with Crippen molar-refractivity contribution in [1.29, 1.82) is 0 Å². The second kappa shape index (κ2) is 4.49. The van der Waals surface area contributed by atoms with Gasteiger partial charge in [-0.15, -0.1) is 10.2 Å². The molecular formula is C10H12ClN5. The molecule has 6 heteroatoms. The van der Waals surface area contributed by atoms with Crippen molar-refractivity contribution in [3.63, 3.8) is 0 Å². The van der Waals surface area contributed by atoms with Gasteiger partial charge in [-0.3, -0.25) is 4.98 Å². The number of nitrogens with zero attached hydrogens (tertiary/aromatic N) is 4. The minimum atomic E-state index is 0.0346. The average Bonchev–Trinajstić information content (AvgIpc) is 2.68. The minimum absolute atomic E-state index is 0.0346. The highest BCUT2D eigenvalue weighted by molar-refractivity contribution is 6.33. The largest absolute Gasteiger partial charge is 0.374 e. The second-order valence-corrected chi connectivity index (χ2v) is 3.93. The molecular weight excluding hydrogens is 226 g/mol. The molecule has 0 aliphatic rings. The number of anilines is 1. The zero-order valence-corrected chi connectivity index (χ0v) is 9.81. The molecule has 0 saturated heterocycles. The molecule has 2 rings (SSSR count). The van der Waals surface area contributed by atoms with E-state index in [1.807, 2.05) is 24.6 Å². The average molecular weight is 238 g/mol. The highest BCUT2D eigenvalue weighted by Gasteiger charge is 2.12. The lowest BCUT2D eigenvalue weighted by Gasteiger charge is -2.14. The Labute approximate surface area is 98.5 Å². The molecule has 1 unspecified atom stereocenters. The van der Waals surface area contributed by atoms with Gasteiger partial charge < -0.3 is 9.88 Å². The first-order valence-electron chi connectivity index (χ1n) is 4.88. The van der Waals surface area contributed by atoms with E-state index in [4.69, 9.17) is 11.6 Å². The molecule has 0 radical (unpaired) electrons. The molecule has 16 heavy (non-hydrogen) atoms. The first kappa shape index (κ1) is 10.9. The standard InChI is InChI=1S/C10H12ClN5/c1-7(10-15-13-6-16(10)2)14-9-3-4-12-5-8(9)11/h3-7H,1-2H3,(H,12,14). The Morgan fingerprint density at radius 3 is 2.94 bits per heavy atom. The monoisotopic (exact) mass is 237 g/mol. The Bertz CT molecular complexity index is 482. The zero-order chi connectivity index (χ0) is 11.5. The molecule has 2 heterocycles. The van der Waals surface area contributed by atoms with Crippen molar-refractivity contribution < 1.29 is 0 Å². The molecule has 0 aliphatic heterocycles. The zero-order valence-electron chi connectivity index (χ0n) is 9.05. The molecule has 1 atom stereocenters. The summed E-state index contributed by atoms with van der Waals surface area (Å²) < 4.78 is 1.87. The van der Waals surface area contributed by atoms with Crippen LogP contribution in [0, 0.1) is 0 Å². The predicted molar refractivity (Wildman–Crippen MR) is 62.3 cm³/mol. The van der Waals surface area contributed by atoms with E-state index in [2.05, 4.69) is 20.5 Å². The van der Waals surface area contributed by atoms with Crippen molar-refractivity contribution in [3.05, 3.63) is 35.6 Å². The number of aromatic nitrogens is 4. The first-order chi connectivity index (χ1) is 7.68. The third kappa shape index (κ3) is 2.14. The summed E-state index contributed by atoms with van der Waals surface area (Å²) in [5.41, 5.74) is 0.840. The van der Waals surface area contributed by atoms with Crippen LogP contribution in [0.4, 0.5) is 5.69 Å². The minimum Gasteiger partial charge on any atom is -0.374 e. The maximum atomic E-state index is 6.00. The first-order valence-corrected chi connectivity index (χ1v) is 5.26. The molecule has 2 aromatic rings. The molecule has 0 aliphatic carbocycles. The number of hydrogen-bond donors (Lipinski definition) is 1. The van der Waals surface area contributed by atoms with Gasteiger partial charge >= 0.3 is 0 Å². The highest BCUT2D eigenvalue weighted by atomic mass is 35.5. The molecule has 0 bridgehead atoms. The summed E-state index contributed by atoms with van der Waals surface area (Å²) >= 11 is 6.00. The number of rotatable bonds is 3. The Morgan fingerprint density at radius 2 is 2.31 bits per heavy atom. The summed E-state index contributed by atoms with van der Waals surface area (Å²) in [5, 5.41) is 11.7. The fraction of sp³-hybridized carbons (Fsp3) is 0.300. The van der Waals surface area contributed by atoms with Gasteiger partial charge in [0.25, 0.3) is 0 Å². The van der Waals surface area contributed by atoms with Crippen LogP contribution in [-0.2, 0) is 7.05 Å². The molecule has 84 valence electrons. The lowest BCUT2D eigenvalue weighted by molar-refractivity contribution is 0.719. The molecule has 5 nitrogen and oxygen atoms in total. The summed E-state index contributed by atoms with van der Waals surface area (Å²) in [6.07, 6.45) is 4.96. The third-order valence-electron chi connectivity index (χ3n) is 2.28. The Balaban J connectivity index is 2.17. The summed E-state index contributed by atoms with van der Waals surface area (Å²) in [6.45, 7) is 2.00. The van der Waals surface area contributed by atoms with E-state index < -0.39 is 0 Å². The lowest BCUT2D eigenvalue weighted by atomic mass is 10.3. The van der Waals surface area contributed by atoms with Crippen LogP contribution in [0.15, 0.2) is 24.8 Å². The van der Waals surface area contributed by atoms with E-state index >= 15 is 0 Å². The van der Waals surface area contributed by atoms with Gasteiger partial charge in [0.2, 0.25) is 0 Å². The molecule has 0 saturated carbocycles. The van der Waals surface area contributed by atoms with Crippen molar-refractivity contribution in [2.45, 2.75) is 13.0 Å². The van der Waals surface area contributed by atoms with Crippen molar-refractivity contribution >= 4 is 17.3 Å². The van der Waals surface area contributed by atoms with Gasteiger partial charge in [-0.1, -0.05) is 11.6 Å². The van der Waals surface area contributed by atoms with Gasteiger partial charge in [-0.05, 0) is 13.0 Å². The quantitative estimate of drug-likeness (QED) is 0.888. The lowest BCUT2D eigenvalue weighted by Crippen LogP contribution is -2.12. The van der Waals surface area contributed by atoms with E-state index in [9.17, 15) is 0 Å². The van der Waals surface area contributed by atoms with Crippen LogP contribution in [0.3, 0.4) is 0 Å². The van der Waals surface area contributed by atoms with Crippen LogP contribution in [-0.4, -0.2) is 19.7 Å². The van der Waals surface area contributed by atoms with Crippen molar-refractivity contribution in [2.24, 2.45) is 7.05 Å². The van der Waals surface area contributed by atoms with Crippen molar-refractivity contribution in [3.8, 4) is 0 Å². The topological polar surface area (TPSA) is 55.6 Å². The summed E-state index contributed by atoms with van der Waals surface area (Å²) in [7, 11) is 1.90. The number of nitrogens with one attached hydrogen (secondary N) is 1. The molecule has 0 spiro atoms. The number of pyridine rings is 1. The fourth-order valence-corrected chi connectivity index (χ4v) is 1.65. The van der Waals surface area contributed by atoms with Crippen LogP contribution < -0.4 is 5.32 Å². The van der Waals surface area contributed by atoms with Gasteiger partial charge in [0, 0.05) is 19.4 Å². The Morgan fingerprint density at radius 1 is 1.50 bits per heavy atom. The van der Waals surface area contributed by atoms with Gasteiger partial charge in [-0.2, -0.15) is 0 Å². The summed E-state index contributed by atoms with van der Waals surface area (Å²) in [5.74, 6) is 0.855. The predicted octanol–water partition coefficient (Wildman–Crippen LogP) is 2.04. The van der Waals surface area contributed by atoms with Crippen LogP contribution in [0.2, 0.25) is 5.02 Å². The SMILES string of the molecule is CC(Nc1ccncc1Cl)c1nncn1C. The van der Waals surface area contributed by atoms with Crippen LogP contribution >= 0.6 is 11.6 Å². The van der Waals surface area contributed by atoms with Gasteiger partial charge in [-0.25, -0.2) is 0 Å². The molecule has 1 N–H and O–H groups in total. The van der Waals surface area contributed by atoms with Crippen molar-refractivity contribution in [1.82, 2.24) is 19.7 Å². The Kier molecular flexibility index (Phi) is 3.05. The normalized spacial score (nSPS) is 12.4. The van der Waals surface area contributed by atoms with Gasteiger partial charge in [0.15, 0.2) is 5.82 Å². The van der Waals surface area contributed by atoms with Crippen LogP contribution in [0.25, 0.3) is 0 Å². The van der Waals surface area contributed by atoms with Crippen LogP contribution in [0.5, 0.6) is 0 Å². The number of halogens is 1. The molecule has 0 aromatic carbocycles. The van der Waals surface area contributed by atoms with E-state index in [1.165, 1.54) is 0 Å². The third-order valence-corrected chi connectivity index (χ3v) is 2.58. The second-order valence-electron chi connectivity index (χ2n) is 3.52.